The van der Waals surface area contributed by atoms with Crippen LogP contribution in [0.3, 0.4) is 0 Å². The largest absolute Gasteiger partial charge is 0.388 e. The summed E-state index contributed by atoms with van der Waals surface area (Å²) in [5, 5.41) is 10.5. The van der Waals surface area contributed by atoms with Crippen LogP contribution >= 0.6 is 11.8 Å². The van der Waals surface area contributed by atoms with Gasteiger partial charge < -0.3 is 12.0 Å². The molecule has 2 rings (SSSR count). The van der Waals surface area contributed by atoms with E-state index in [0.717, 1.165) is 30.5 Å². The SMILES string of the molecule is [CH2-]CC/C=C\CC1SCC(=O)N1c1ccc(C(O)C(C)(C)C)cc1.[Y]. The van der Waals surface area contributed by atoms with Crippen molar-refractivity contribution >= 4 is 23.4 Å². The first-order chi connectivity index (χ1) is 11.3. The van der Waals surface area contributed by atoms with Crippen LogP contribution in [-0.4, -0.2) is 22.1 Å². The average Bonchev–Trinajstić information content (AvgIpc) is 2.91. The standard InChI is InChI=1S/C20H28NO2S.Y/c1-5-6-7-8-9-18-21(17(22)14-24-18)16-12-10-15(11-13-16)19(23)20(2,3)4;/h7-8,10-13,18-19,23H,1,5-6,9,14H2,2-4H3;/q-1;/b8-7-;. The summed E-state index contributed by atoms with van der Waals surface area (Å²) in [7, 11) is 0. The number of carbonyl (C=O) groups excluding carboxylic acids is 1. The van der Waals surface area contributed by atoms with Gasteiger partial charge in [0.05, 0.1) is 17.2 Å². The maximum absolute atomic E-state index is 12.3. The van der Waals surface area contributed by atoms with Gasteiger partial charge in [-0.25, -0.2) is 0 Å². The quantitative estimate of drug-likeness (QED) is 0.519. The fourth-order valence-corrected chi connectivity index (χ4v) is 3.83. The van der Waals surface area contributed by atoms with Crippen LogP contribution in [0.1, 0.15) is 51.7 Å². The van der Waals surface area contributed by atoms with Crippen molar-refractivity contribution in [2.75, 3.05) is 10.7 Å². The normalized spacial score (nSPS) is 19.3. The average molecular weight is 435 g/mol. The van der Waals surface area contributed by atoms with Gasteiger partial charge >= 0.3 is 0 Å². The minimum Gasteiger partial charge on any atom is -0.388 e. The zero-order valence-corrected chi connectivity index (χ0v) is 19.1. The number of rotatable bonds is 6. The number of benzene rings is 1. The molecule has 1 aliphatic rings. The zero-order chi connectivity index (χ0) is 17.7. The summed E-state index contributed by atoms with van der Waals surface area (Å²) in [5.74, 6) is 0.680. The summed E-state index contributed by atoms with van der Waals surface area (Å²) in [6.45, 7) is 9.87. The number of aliphatic hydroxyl groups is 1. The maximum atomic E-state index is 12.3. The molecule has 0 aromatic heterocycles. The van der Waals surface area contributed by atoms with E-state index < -0.39 is 6.10 Å². The molecule has 1 aromatic carbocycles. The van der Waals surface area contributed by atoms with Crippen LogP contribution in [0.15, 0.2) is 36.4 Å². The summed E-state index contributed by atoms with van der Waals surface area (Å²) in [5.41, 5.74) is 1.59. The first-order valence-electron chi connectivity index (χ1n) is 8.50. The summed E-state index contributed by atoms with van der Waals surface area (Å²) < 4.78 is 0. The van der Waals surface area contributed by atoms with E-state index >= 15 is 0 Å². The molecule has 0 spiro atoms. The number of allylic oxidation sites excluding steroid dienone is 1. The molecule has 0 aliphatic carbocycles. The molecule has 1 saturated heterocycles. The van der Waals surface area contributed by atoms with Gasteiger partial charge in [-0.05, 0) is 29.5 Å². The van der Waals surface area contributed by atoms with Gasteiger partial charge in [0.15, 0.2) is 0 Å². The maximum Gasteiger partial charge on any atom is 0.238 e. The molecule has 2 unspecified atom stereocenters. The Morgan fingerprint density at radius 2 is 1.96 bits per heavy atom. The van der Waals surface area contributed by atoms with Gasteiger partial charge in [-0.15, -0.1) is 11.8 Å². The minimum atomic E-state index is -0.517. The molecule has 0 saturated carbocycles. The molecule has 1 N–H and O–H groups in total. The number of amides is 1. The summed E-state index contributed by atoms with van der Waals surface area (Å²) >= 11 is 1.69. The van der Waals surface area contributed by atoms with Gasteiger partial charge in [0, 0.05) is 38.4 Å². The Balaban J connectivity index is 0.00000312. The van der Waals surface area contributed by atoms with Gasteiger partial charge in [-0.1, -0.05) is 51.5 Å². The van der Waals surface area contributed by atoms with Crippen molar-refractivity contribution < 1.29 is 42.6 Å². The molecular formula is C20H28NO2SY-. The number of nitrogens with zero attached hydrogens (tertiary/aromatic N) is 1. The summed E-state index contributed by atoms with van der Waals surface area (Å²) in [6, 6.07) is 7.75. The zero-order valence-electron chi connectivity index (χ0n) is 15.4. The topological polar surface area (TPSA) is 40.5 Å². The molecule has 1 radical (unpaired) electrons. The molecule has 3 nitrogen and oxygen atoms in total. The molecular weight excluding hydrogens is 407 g/mol. The van der Waals surface area contributed by atoms with E-state index in [1.807, 2.05) is 49.9 Å². The smallest absolute Gasteiger partial charge is 0.238 e. The number of aliphatic hydroxyl groups excluding tert-OH is 1. The number of thioether (sulfide) groups is 1. The fraction of sp³-hybridized carbons (Fsp3) is 0.500. The van der Waals surface area contributed by atoms with Crippen molar-refractivity contribution in [1.29, 1.82) is 0 Å². The predicted molar refractivity (Wildman–Crippen MR) is 103 cm³/mol. The molecule has 1 aliphatic heterocycles. The monoisotopic (exact) mass is 435 g/mol. The second-order valence-corrected chi connectivity index (χ2v) is 8.40. The second-order valence-electron chi connectivity index (χ2n) is 7.24. The van der Waals surface area contributed by atoms with Crippen molar-refractivity contribution in [3.05, 3.63) is 48.9 Å². The number of hydrogen-bond acceptors (Lipinski definition) is 3. The van der Waals surface area contributed by atoms with Crippen molar-refractivity contribution in [2.24, 2.45) is 5.41 Å². The third kappa shape index (κ3) is 6.20. The van der Waals surface area contributed by atoms with Crippen molar-refractivity contribution in [1.82, 2.24) is 0 Å². The van der Waals surface area contributed by atoms with Crippen LogP contribution in [0.4, 0.5) is 5.69 Å². The molecule has 1 heterocycles. The Hall–Kier alpha value is -0.156. The molecule has 25 heavy (non-hydrogen) atoms. The Bertz CT molecular complexity index is 580. The Kier molecular flexibility index (Phi) is 9.38. The predicted octanol–water partition coefficient (Wildman–Crippen LogP) is 4.73. The van der Waals surface area contributed by atoms with Crippen LogP contribution in [0.5, 0.6) is 0 Å². The van der Waals surface area contributed by atoms with Gasteiger partial charge in [-0.2, -0.15) is 6.42 Å². The van der Waals surface area contributed by atoms with Crippen molar-refractivity contribution in [2.45, 2.75) is 51.5 Å². The minimum absolute atomic E-state index is 0. The van der Waals surface area contributed by atoms with Crippen LogP contribution in [-0.2, 0) is 37.5 Å². The molecule has 1 amide bonds. The molecule has 135 valence electrons. The van der Waals surface area contributed by atoms with E-state index in [-0.39, 0.29) is 49.4 Å². The first-order valence-corrected chi connectivity index (χ1v) is 9.55. The number of hydrogen-bond donors (Lipinski definition) is 1. The summed E-state index contributed by atoms with van der Waals surface area (Å²) in [4.78, 5) is 14.2. The van der Waals surface area contributed by atoms with E-state index in [1.165, 1.54) is 0 Å². The fourth-order valence-electron chi connectivity index (χ4n) is 2.72. The van der Waals surface area contributed by atoms with E-state index in [0.29, 0.717) is 5.75 Å². The number of unbranched alkanes of at least 4 members (excludes halogenated alkanes) is 1. The van der Waals surface area contributed by atoms with Crippen LogP contribution in [0.2, 0.25) is 0 Å². The Morgan fingerprint density at radius 3 is 2.52 bits per heavy atom. The van der Waals surface area contributed by atoms with E-state index in [1.54, 1.807) is 11.8 Å². The number of anilines is 1. The molecule has 2 atom stereocenters. The Labute approximate surface area is 181 Å². The van der Waals surface area contributed by atoms with Gasteiger partial charge in [-0.3, -0.25) is 9.69 Å². The third-order valence-corrected chi connectivity index (χ3v) is 5.34. The van der Waals surface area contributed by atoms with Gasteiger partial charge in [0.1, 0.15) is 0 Å². The molecule has 1 aromatic rings. The molecule has 0 bridgehead atoms. The second kappa shape index (κ2) is 10.2. The van der Waals surface area contributed by atoms with Gasteiger partial charge in [0.2, 0.25) is 5.91 Å². The van der Waals surface area contributed by atoms with Crippen molar-refractivity contribution in [3.63, 3.8) is 0 Å². The van der Waals surface area contributed by atoms with E-state index in [4.69, 9.17) is 0 Å². The molecule has 1 fully saturated rings. The summed E-state index contributed by atoms with van der Waals surface area (Å²) in [6.07, 6.45) is 6.49. The van der Waals surface area contributed by atoms with Crippen LogP contribution in [0.25, 0.3) is 0 Å². The van der Waals surface area contributed by atoms with Gasteiger partial charge in [0.25, 0.3) is 0 Å². The molecule has 5 heteroatoms. The Morgan fingerprint density at radius 1 is 1.32 bits per heavy atom. The first kappa shape index (κ1) is 22.9. The number of carbonyl (C=O) groups is 1. The third-order valence-electron chi connectivity index (χ3n) is 4.14. The van der Waals surface area contributed by atoms with E-state index in [2.05, 4.69) is 19.1 Å². The van der Waals surface area contributed by atoms with Crippen LogP contribution < -0.4 is 4.90 Å². The van der Waals surface area contributed by atoms with E-state index in [9.17, 15) is 9.90 Å². The van der Waals surface area contributed by atoms with Crippen molar-refractivity contribution in [3.8, 4) is 0 Å². The van der Waals surface area contributed by atoms with Crippen LogP contribution in [0, 0.1) is 12.3 Å².